The van der Waals surface area contributed by atoms with Gasteiger partial charge in [0.25, 0.3) is 0 Å². The van der Waals surface area contributed by atoms with E-state index in [9.17, 15) is 4.79 Å². The van der Waals surface area contributed by atoms with Crippen LogP contribution in [0.15, 0.2) is 0 Å². The second kappa shape index (κ2) is 4.60. The van der Waals surface area contributed by atoms with Gasteiger partial charge < -0.3 is 10.4 Å². The minimum atomic E-state index is -0.946. The van der Waals surface area contributed by atoms with Crippen molar-refractivity contribution in [3.8, 4) is 0 Å². The summed E-state index contributed by atoms with van der Waals surface area (Å²) < 4.78 is 0. The quantitative estimate of drug-likeness (QED) is 0.717. The van der Waals surface area contributed by atoms with Crippen LogP contribution in [0, 0.1) is 5.41 Å². The van der Waals surface area contributed by atoms with Gasteiger partial charge in [-0.1, -0.05) is 20.8 Å². The second-order valence-corrected chi connectivity index (χ2v) is 4.82. The lowest BCUT2D eigenvalue weighted by Crippen LogP contribution is -2.36. The highest BCUT2D eigenvalue weighted by Crippen LogP contribution is 2.27. The molecule has 4 heteroatoms. The van der Waals surface area contributed by atoms with E-state index in [4.69, 9.17) is 5.11 Å². The van der Waals surface area contributed by atoms with Crippen LogP contribution in [-0.2, 0) is 0 Å². The maximum atomic E-state index is 10.2. The molecule has 0 aliphatic heterocycles. The fourth-order valence-corrected chi connectivity index (χ4v) is 1.88. The van der Waals surface area contributed by atoms with Gasteiger partial charge in [-0.25, -0.2) is 4.79 Å². The zero-order valence-corrected chi connectivity index (χ0v) is 8.86. The van der Waals surface area contributed by atoms with Crippen molar-refractivity contribution in [1.82, 2.24) is 5.32 Å². The molecule has 2 N–H and O–H groups in total. The molecule has 0 heterocycles. The summed E-state index contributed by atoms with van der Waals surface area (Å²) in [6.07, 6.45) is 1.05. The van der Waals surface area contributed by atoms with Gasteiger partial charge in [0, 0.05) is 11.8 Å². The molecule has 0 radical (unpaired) electrons. The minimum absolute atomic E-state index is 0.141. The number of nitrogens with one attached hydrogen (secondary N) is 1. The summed E-state index contributed by atoms with van der Waals surface area (Å²) in [7, 11) is 0. The van der Waals surface area contributed by atoms with Crippen molar-refractivity contribution in [2.24, 2.45) is 5.41 Å². The molecular weight excluding hydrogens is 174 g/mol. The molecule has 1 unspecified atom stereocenters. The molecule has 0 fully saturated rings. The fourth-order valence-electron chi connectivity index (χ4n) is 0.923. The summed E-state index contributed by atoms with van der Waals surface area (Å²) in [6.45, 7) is 6.84. The summed E-state index contributed by atoms with van der Waals surface area (Å²) in [5.74, 6) is 0. The Kier molecular flexibility index (Phi) is 4.45. The molecule has 3 nitrogen and oxygen atoms in total. The van der Waals surface area contributed by atoms with Gasteiger partial charge in [0.15, 0.2) is 0 Å². The van der Waals surface area contributed by atoms with E-state index in [1.165, 1.54) is 0 Å². The Morgan fingerprint density at radius 2 is 2.08 bits per heavy atom. The van der Waals surface area contributed by atoms with Crippen LogP contribution in [0.25, 0.3) is 0 Å². The fraction of sp³-hybridized carbons (Fsp3) is 0.875. The number of carboxylic acid groups (broad SMARTS) is 1. The van der Waals surface area contributed by atoms with Gasteiger partial charge in [0.2, 0.25) is 0 Å². The van der Waals surface area contributed by atoms with Crippen LogP contribution in [0.2, 0.25) is 0 Å². The van der Waals surface area contributed by atoms with Crippen LogP contribution in [0.4, 0.5) is 4.79 Å². The number of carbonyl (C=O) groups is 1. The van der Waals surface area contributed by atoms with Crippen LogP contribution >= 0.6 is 11.8 Å². The third-order valence-electron chi connectivity index (χ3n) is 1.69. The molecule has 1 amide bonds. The molecule has 0 saturated carbocycles. The van der Waals surface area contributed by atoms with E-state index in [0.29, 0.717) is 11.8 Å². The van der Waals surface area contributed by atoms with Crippen molar-refractivity contribution in [3.63, 3.8) is 0 Å². The molecule has 0 aromatic carbocycles. The topological polar surface area (TPSA) is 49.3 Å². The summed E-state index contributed by atoms with van der Waals surface area (Å²) >= 11 is 1.69. The van der Waals surface area contributed by atoms with Gasteiger partial charge in [-0.3, -0.25) is 0 Å². The second-order valence-electron chi connectivity index (χ2n) is 3.78. The Morgan fingerprint density at radius 1 is 1.58 bits per heavy atom. The standard InChI is InChI=1S/C8H17NO2S/c1-8(2,3)6(12-4)5-9-7(10)11/h6,9H,5H2,1-4H3,(H,10,11). The average molecular weight is 191 g/mol. The first-order chi connectivity index (χ1) is 5.38. The SMILES string of the molecule is CSC(CNC(=O)O)C(C)(C)C. The van der Waals surface area contributed by atoms with Crippen molar-refractivity contribution in [2.75, 3.05) is 12.8 Å². The van der Waals surface area contributed by atoms with Crippen molar-refractivity contribution in [2.45, 2.75) is 26.0 Å². The monoisotopic (exact) mass is 191 g/mol. The number of hydrogen-bond donors (Lipinski definition) is 2. The molecule has 0 bridgehead atoms. The van der Waals surface area contributed by atoms with Gasteiger partial charge in [0.1, 0.15) is 0 Å². The number of thioether (sulfide) groups is 1. The minimum Gasteiger partial charge on any atom is -0.465 e. The van der Waals surface area contributed by atoms with E-state index in [0.717, 1.165) is 0 Å². The first-order valence-electron chi connectivity index (χ1n) is 3.87. The third kappa shape index (κ3) is 4.49. The van der Waals surface area contributed by atoms with E-state index >= 15 is 0 Å². The summed E-state index contributed by atoms with van der Waals surface area (Å²) in [5.41, 5.74) is 0.141. The third-order valence-corrected chi connectivity index (χ3v) is 3.13. The van der Waals surface area contributed by atoms with Gasteiger partial charge in [-0.15, -0.1) is 0 Å². The van der Waals surface area contributed by atoms with E-state index in [1.807, 2.05) is 6.26 Å². The first kappa shape index (κ1) is 11.6. The lowest BCUT2D eigenvalue weighted by molar-refractivity contribution is 0.193. The average Bonchev–Trinajstić information content (AvgIpc) is 1.85. The number of rotatable bonds is 3. The molecule has 0 aromatic heterocycles. The van der Waals surface area contributed by atoms with Crippen molar-refractivity contribution in [1.29, 1.82) is 0 Å². The Morgan fingerprint density at radius 3 is 2.33 bits per heavy atom. The highest BCUT2D eigenvalue weighted by Gasteiger charge is 2.23. The zero-order chi connectivity index (χ0) is 9.78. The number of hydrogen-bond acceptors (Lipinski definition) is 2. The van der Waals surface area contributed by atoms with E-state index in [-0.39, 0.29) is 5.41 Å². The Hall–Kier alpha value is -0.380. The Labute approximate surface area is 77.9 Å². The molecule has 0 spiro atoms. The van der Waals surface area contributed by atoms with Crippen LogP contribution < -0.4 is 5.32 Å². The normalized spacial score (nSPS) is 14.0. The Bertz CT molecular complexity index is 154. The summed E-state index contributed by atoms with van der Waals surface area (Å²) in [5, 5.41) is 11.1. The van der Waals surface area contributed by atoms with Crippen molar-refractivity contribution in [3.05, 3.63) is 0 Å². The van der Waals surface area contributed by atoms with Crippen LogP contribution in [-0.4, -0.2) is 29.3 Å². The van der Waals surface area contributed by atoms with Crippen LogP contribution in [0.3, 0.4) is 0 Å². The van der Waals surface area contributed by atoms with Gasteiger partial charge in [0.05, 0.1) is 0 Å². The lowest BCUT2D eigenvalue weighted by atomic mass is 9.92. The largest absolute Gasteiger partial charge is 0.465 e. The van der Waals surface area contributed by atoms with Crippen molar-refractivity contribution < 1.29 is 9.90 Å². The van der Waals surface area contributed by atoms with Gasteiger partial charge in [-0.2, -0.15) is 11.8 Å². The molecular formula is C8H17NO2S. The molecule has 0 aliphatic carbocycles. The molecule has 0 rings (SSSR count). The summed E-state index contributed by atoms with van der Waals surface area (Å²) in [6, 6.07) is 0. The molecule has 1 atom stereocenters. The van der Waals surface area contributed by atoms with E-state index < -0.39 is 6.09 Å². The molecule has 12 heavy (non-hydrogen) atoms. The summed E-state index contributed by atoms with van der Waals surface area (Å²) in [4.78, 5) is 10.2. The highest BCUT2D eigenvalue weighted by molar-refractivity contribution is 7.99. The highest BCUT2D eigenvalue weighted by atomic mass is 32.2. The van der Waals surface area contributed by atoms with Crippen molar-refractivity contribution >= 4 is 17.9 Å². The van der Waals surface area contributed by atoms with Gasteiger partial charge >= 0.3 is 6.09 Å². The predicted octanol–water partition coefficient (Wildman–Crippen LogP) is 2.03. The lowest BCUT2D eigenvalue weighted by Gasteiger charge is -2.28. The Balaban J connectivity index is 3.92. The molecule has 0 aromatic rings. The maximum Gasteiger partial charge on any atom is 0.404 e. The number of amides is 1. The van der Waals surface area contributed by atoms with Gasteiger partial charge in [-0.05, 0) is 11.7 Å². The van der Waals surface area contributed by atoms with Crippen LogP contribution in [0.1, 0.15) is 20.8 Å². The molecule has 0 saturated heterocycles. The van der Waals surface area contributed by atoms with E-state index in [2.05, 4.69) is 26.1 Å². The predicted molar refractivity (Wildman–Crippen MR) is 52.8 cm³/mol. The van der Waals surface area contributed by atoms with Crippen LogP contribution in [0.5, 0.6) is 0 Å². The molecule has 0 aliphatic rings. The first-order valence-corrected chi connectivity index (χ1v) is 5.16. The maximum absolute atomic E-state index is 10.2. The smallest absolute Gasteiger partial charge is 0.404 e. The van der Waals surface area contributed by atoms with E-state index in [1.54, 1.807) is 11.8 Å². The zero-order valence-electron chi connectivity index (χ0n) is 8.05. The molecule has 72 valence electrons.